The van der Waals surface area contributed by atoms with Gasteiger partial charge in [0.05, 0.1) is 0 Å². The summed E-state index contributed by atoms with van der Waals surface area (Å²) in [6.45, 7) is 12.2. The van der Waals surface area contributed by atoms with Crippen LogP contribution in [0.3, 0.4) is 0 Å². The Morgan fingerprint density at radius 1 is 1.26 bits per heavy atom. The lowest BCUT2D eigenvalue weighted by atomic mass is 9.94. The van der Waals surface area contributed by atoms with Crippen molar-refractivity contribution in [1.29, 1.82) is 0 Å². The van der Waals surface area contributed by atoms with Crippen molar-refractivity contribution < 1.29 is 0 Å². The zero-order valence-corrected chi connectivity index (χ0v) is 12.9. The first-order valence-corrected chi connectivity index (χ1v) is 7.76. The first-order chi connectivity index (χ1) is 8.98. The summed E-state index contributed by atoms with van der Waals surface area (Å²) in [6.07, 6.45) is 15.9. The van der Waals surface area contributed by atoms with E-state index in [1.807, 2.05) is 0 Å². The normalized spacial score (nSPS) is 23.8. The summed E-state index contributed by atoms with van der Waals surface area (Å²) in [4.78, 5) is 2.49. The van der Waals surface area contributed by atoms with Crippen LogP contribution in [0.15, 0.2) is 36.6 Å². The lowest BCUT2D eigenvalue weighted by molar-refractivity contribution is 0.195. The van der Waals surface area contributed by atoms with Crippen molar-refractivity contribution in [2.24, 2.45) is 11.8 Å². The molecular weight excluding hydrogens is 230 g/mol. The molecule has 0 heterocycles. The molecule has 1 heteroatoms. The fourth-order valence-electron chi connectivity index (χ4n) is 2.81. The first-order valence-electron chi connectivity index (χ1n) is 7.76. The molecule has 0 aromatic carbocycles. The monoisotopic (exact) mass is 259 g/mol. The third-order valence-corrected chi connectivity index (χ3v) is 4.21. The van der Waals surface area contributed by atoms with E-state index in [1.54, 1.807) is 0 Å². The van der Waals surface area contributed by atoms with Gasteiger partial charge in [-0.3, -0.25) is 0 Å². The smallest absolute Gasteiger partial charge is 0.0362 e. The highest BCUT2D eigenvalue weighted by Crippen LogP contribution is 2.39. The minimum absolute atomic E-state index is 0.177. The van der Waals surface area contributed by atoms with Crippen LogP contribution in [0.5, 0.6) is 0 Å². The quantitative estimate of drug-likeness (QED) is 0.633. The number of allylic oxidation sites excluding steroid dienone is 4. The molecule has 1 atom stereocenters. The van der Waals surface area contributed by atoms with Crippen molar-refractivity contribution >= 4 is 0 Å². The van der Waals surface area contributed by atoms with E-state index in [0.29, 0.717) is 0 Å². The first kappa shape index (κ1) is 14.4. The highest BCUT2D eigenvalue weighted by Gasteiger charge is 2.32. The SMILES string of the molecule is C=C(C1CC1)N(C/C=C/C1CC=CCC1)C(C)(C)C. The van der Waals surface area contributed by atoms with Gasteiger partial charge in [0.1, 0.15) is 0 Å². The Hall–Kier alpha value is -0.980. The maximum atomic E-state index is 4.33. The summed E-state index contributed by atoms with van der Waals surface area (Å²) >= 11 is 0. The summed E-state index contributed by atoms with van der Waals surface area (Å²) in [6, 6.07) is 0. The Bertz CT molecular complexity index is 366. The maximum Gasteiger partial charge on any atom is 0.0362 e. The van der Waals surface area contributed by atoms with Crippen LogP contribution in [0, 0.1) is 11.8 Å². The molecule has 0 bridgehead atoms. The maximum absolute atomic E-state index is 4.33. The molecule has 0 spiro atoms. The Labute approximate surface area is 119 Å². The largest absolute Gasteiger partial charge is 0.367 e. The fourth-order valence-corrected chi connectivity index (χ4v) is 2.81. The third-order valence-electron chi connectivity index (χ3n) is 4.21. The van der Waals surface area contributed by atoms with Crippen molar-refractivity contribution in [3.63, 3.8) is 0 Å². The topological polar surface area (TPSA) is 3.24 Å². The zero-order valence-electron chi connectivity index (χ0n) is 12.9. The average molecular weight is 259 g/mol. The van der Waals surface area contributed by atoms with E-state index in [9.17, 15) is 0 Å². The van der Waals surface area contributed by atoms with Crippen LogP contribution in [-0.2, 0) is 0 Å². The van der Waals surface area contributed by atoms with Gasteiger partial charge in [-0.1, -0.05) is 30.9 Å². The predicted octanol–water partition coefficient (Wildman–Crippen LogP) is 4.92. The van der Waals surface area contributed by atoms with Gasteiger partial charge in [-0.05, 0) is 64.7 Å². The fraction of sp³-hybridized carbons (Fsp3) is 0.667. The van der Waals surface area contributed by atoms with Gasteiger partial charge in [-0.2, -0.15) is 0 Å². The Morgan fingerprint density at radius 3 is 2.53 bits per heavy atom. The van der Waals surface area contributed by atoms with Gasteiger partial charge in [-0.25, -0.2) is 0 Å². The van der Waals surface area contributed by atoms with Gasteiger partial charge in [0.2, 0.25) is 0 Å². The zero-order chi connectivity index (χ0) is 13.9. The van der Waals surface area contributed by atoms with Crippen molar-refractivity contribution in [3.8, 4) is 0 Å². The van der Waals surface area contributed by atoms with Gasteiger partial charge < -0.3 is 4.90 Å². The van der Waals surface area contributed by atoms with E-state index in [2.05, 4.69) is 56.6 Å². The molecular formula is C18H29N. The minimum atomic E-state index is 0.177. The molecule has 0 radical (unpaired) electrons. The molecule has 0 saturated heterocycles. The molecule has 2 aliphatic carbocycles. The molecule has 1 nitrogen and oxygen atoms in total. The lowest BCUT2D eigenvalue weighted by Crippen LogP contribution is -2.41. The molecule has 19 heavy (non-hydrogen) atoms. The van der Waals surface area contributed by atoms with Crippen LogP contribution >= 0.6 is 0 Å². The third kappa shape index (κ3) is 4.26. The summed E-state index contributed by atoms with van der Waals surface area (Å²) in [5.74, 6) is 1.51. The lowest BCUT2D eigenvalue weighted by Gasteiger charge is -2.38. The number of hydrogen-bond donors (Lipinski definition) is 0. The van der Waals surface area contributed by atoms with E-state index in [-0.39, 0.29) is 5.54 Å². The van der Waals surface area contributed by atoms with Crippen LogP contribution < -0.4 is 0 Å². The molecule has 0 amide bonds. The van der Waals surface area contributed by atoms with Crippen LogP contribution in [0.2, 0.25) is 0 Å². The van der Waals surface area contributed by atoms with Crippen LogP contribution in [-0.4, -0.2) is 17.0 Å². The second kappa shape index (κ2) is 5.98. The summed E-state index contributed by atoms with van der Waals surface area (Å²) in [5.41, 5.74) is 1.52. The highest BCUT2D eigenvalue weighted by molar-refractivity contribution is 5.12. The minimum Gasteiger partial charge on any atom is -0.367 e. The van der Waals surface area contributed by atoms with Gasteiger partial charge in [-0.15, -0.1) is 0 Å². The van der Waals surface area contributed by atoms with Gasteiger partial charge in [0.15, 0.2) is 0 Å². The van der Waals surface area contributed by atoms with Crippen molar-refractivity contribution in [2.45, 2.75) is 58.4 Å². The molecule has 1 saturated carbocycles. The van der Waals surface area contributed by atoms with E-state index >= 15 is 0 Å². The molecule has 2 aliphatic rings. The Kier molecular flexibility index (Phi) is 4.54. The standard InChI is InChI=1S/C18H29N/c1-15(17-12-13-17)19(18(2,3)4)14-8-11-16-9-6-5-7-10-16/h5-6,8,11,16-17H,1,7,9-10,12-14H2,2-4H3/b11-8+. The second-order valence-corrected chi connectivity index (χ2v) is 7.02. The van der Waals surface area contributed by atoms with Crippen molar-refractivity contribution in [3.05, 3.63) is 36.6 Å². The molecule has 0 aromatic heterocycles. The summed E-state index contributed by atoms with van der Waals surface area (Å²) in [7, 11) is 0. The number of nitrogens with zero attached hydrogens (tertiary/aromatic N) is 1. The summed E-state index contributed by atoms with van der Waals surface area (Å²) < 4.78 is 0. The Morgan fingerprint density at radius 2 is 2.00 bits per heavy atom. The van der Waals surface area contributed by atoms with E-state index < -0.39 is 0 Å². The molecule has 0 N–H and O–H groups in total. The van der Waals surface area contributed by atoms with E-state index in [0.717, 1.165) is 18.4 Å². The predicted molar refractivity (Wildman–Crippen MR) is 83.9 cm³/mol. The molecule has 2 rings (SSSR count). The Balaban J connectivity index is 1.90. The van der Waals surface area contributed by atoms with Gasteiger partial charge in [0, 0.05) is 17.8 Å². The average Bonchev–Trinajstić information content (AvgIpc) is 3.18. The van der Waals surface area contributed by atoms with Gasteiger partial charge >= 0.3 is 0 Å². The molecule has 1 fully saturated rings. The number of rotatable bonds is 5. The van der Waals surface area contributed by atoms with Gasteiger partial charge in [0.25, 0.3) is 0 Å². The van der Waals surface area contributed by atoms with Crippen molar-refractivity contribution in [2.75, 3.05) is 6.54 Å². The highest BCUT2D eigenvalue weighted by atomic mass is 15.2. The molecule has 0 aliphatic heterocycles. The van der Waals surface area contributed by atoms with Crippen LogP contribution in [0.4, 0.5) is 0 Å². The molecule has 0 aromatic rings. The van der Waals surface area contributed by atoms with Crippen molar-refractivity contribution in [1.82, 2.24) is 4.90 Å². The second-order valence-electron chi connectivity index (χ2n) is 7.02. The molecule has 1 unspecified atom stereocenters. The number of hydrogen-bond acceptors (Lipinski definition) is 1. The van der Waals surface area contributed by atoms with Crippen LogP contribution in [0.1, 0.15) is 52.9 Å². The van der Waals surface area contributed by atoms with Crippen LogP contribution in [0.25, 0.3) is 0 Å². The van der Waals surface area contributed by atoms with E-state index in [1.165, 1.54) is 37.8 Å². The van der Waals surface area contributed by atoms with E-state index in [4.69, 9.17) is 0 Å². The summed E-state index contributed by atoms with van der Waals surface area (Å²) in [5, 5.41) is 0. The molecule has 106 valence electrons.